The second kappa shape index (κ2) is 5.50. The summed E-state index contributed by atoms with van der Waals surface area (Å²) in [5, 5.41) is 13.0. The van der Waals surface area contributed by atoms with Crippen molar-refractivity contribution in [1.29, 1.82) is 0 Å². The third-order valence-corrected chi connectivity index (χ3v) is 3.00. The van der Waals surface area contributed by atoms with Crippen LogP contribution in [0.1, 0.15) is 0 Å². The fraction of sp³-hybridized carbons (Fsp3) is 0. The summed E-state index contributed by atoms with van der Waals surface area (Å²) in [6.07, 6.45) is 1.65. The summed E-state index contributed by atoms with van der Waals surface area (Å²) in [4.78, 5) is 8.59. The van der Waals surface area contributed by atoms with Crippen LogP contribution in [0.4, 0.5) is 17.3 Å². The van der Waals surface area contributed by atoms with Gasteiger partial charge in [0.15, 0.2) is 0 Å². The van der Waals surface area contributed by atoms with Crippen molar-refractivity contribution < 1.29 is 5.11 Å². The molecule has 0 atom stereocenters. The van der Waals surface area contributed by atoms with Crippen molar-refractivity contribution in [2.45, 2.75) is 0 Å². The Kier molecular flexibility index (Phi) is 3.39. The van der Waals surface area contributed by atoms with Crippen molar-refractivity contribution in [2.75, 3.05) is 11.1 Å². The van der Waals surface area contributed by atoms with E-state index in [1.807, 2.05) is 24.3 Å². The highest BCUT2D eigenvalue weighted by atomic mass is 16.3. The number of benzene rings is 2. The minimum Gasteiger partial charge on any atom is -0.507 e. The molecule has 0 saturated heterocycles. The largest absolute Gasteiger partial charge is 0.507 e. The highest BCUT2D eigenvalue weighted by molar-refractivity contribution is 5.68. The third kappa shape index (κ3) is 2.92. The lowest BCUT2D eigenvalue weighted by molar-refractivity contribution is 0.477. The molecule has 21 heavy (non-hydrogen) atoms. The maximum atomic E-state index is 9.88. The van der Waals surface area contributed by atoms with Crippen molar-refractivity contribution >= 4 is 17.3 Å². The SMILES string of the molecule is Nc1ccc(Nc2nccc(-c3ccccc3O)n2)cc1. The number of hydrogen-bond donors (Lipinski definition) is 3. The number of anilines is 3. The molecule has 104 valence electrons. The second-order valence-electron chi connectivity index (χ2n) is 4.53. The topological polar surface area (TPSA) is 84.1 Å². The molecule has 1 aromatic heterocycles. The van der Waals surface area contributed by atoms with E-state index < -0.39 is 0 Å². The van der Waals surface area contributed by atoms with Gasteiger partial charge in [0.25, 0.3) is 0 Å². The zero-order valence-corrected chi connectivity index (χ0v) is 11.2. The van der Waals surface area contributed by atoms with Gasteiger partial charge in [-0.1, -0.05) is 12.1 Å². The van der Waals surface area contributed by atoms with Crippen LogP contribution < -0.4 is 11.1 Å². The van der Waals surface area contributed by atoms with E-state index in [1.54, 1.807) is 36.5 Å². The average Bonchev–Trinajstić information content (AvgIpc) is 2.50. The fourth-order valence-electron chi connectivity index (χ4n) is 1.95. The number of para-hydroxylation sites is 1. The van der Waals surface area contributed by atoms with Crippen molar-refractivity contribution in [3.05, 3.63) is 60.8 Å². The maximum Gasteiger partial charge on any atom is 0.227 e. The average molecular weight is 278 g/mol. The molecule has 0 saturated carbocycles. The first kappa shape index (κ1) is 12.9. The van der Waals surface area contributed by atoms with Crippen LogP contribution in [0.5, 0.6) is 5.75 Å². The molecule has 0 aliphatic carbocycles. The van der Waals surface area contributed by atoms with Gasteiger partial charge in [0, 0.05) is 23.1 Å². The predicted molar refractivity (Wildman–Crippen MR) is 83.3 cm³/mol. The second-order valence-corrected chi connectivity index (χ2v) is 4.53. The van der Waals surface area contributed by atoms with Crippen LogP contribution in [0, 0.1) is 0 Å². The summed E-state index contributed by atoms with van der Waals surface area (Å²) < 4.78 is 0. The number of nitrogens with zero attached hydrogens (tertiary/aromatic N) is 2. The molecule has 3 rings (SSSR count). The van der Waals surface area contributed by atoms with E-state index in [0.717, 1.165) is 5.69 Å². The van der Waals surface area contributed by atoms with Gasteiger partial charge in [0.2, 0.25) is 5.95 Å². The van der Waals surface area contributed by atoms with Gasteiger partial charge in [-0.3, -0.25) is 0 Å². The van der Waals surface area contributed by atoms with Crippen LogP contribution in [-0.4, -0.2) is 15.1 Å². The molecule has 4 N–H and O–H groups in total. The molecule has 0 amide bonds. The van der Waals surface area contributed by atoms with E-state index in [4.69, 9.17) is 5.73 Å². The number of nitrogens with one attached hydrogen (secondary N) is 1. The first-order valence-corrected chi connectivity index (χ1v) is 6.46. The lowest BCUT2D eigenvalue weighted by Crippen LogP contribution is -1.98. The van der Waals surface area contributed by atoms with Gasteiger partial charge in [0.05, 0.1) is 5.69 Å². The molecule has 0 fully saturated rings. The van der Waals surface area contributed by atoms with Gasteiger partial charge in [0.1, 0.15) is 5.75 Å². The summed E-state index contributed by atoms with van der Waals surface area (Å²) in [5.74, 6) is 0.648. The summed E-state index contributed by atoms with van der Waals surface area (Å²) in [6, 6.07) is 16.1. The molecule has 0 bridgehead atoms. The zero-order valence-electron chi connectivity index (χ0n) is 11.2. The lowest BCUT2D eigenvalue weighted by atomic mass is 10.1. The Labute approximate surface area is 122 Å². The number of rotatable bonds is 3. The molecule has 0 aliphatic rings. The lowest BCUT2D eigenvalue weighted by Gasteiger charge is -2.07. The van der Waals surface area contributed by atoms with E-state index in [0.29, 0.717) is 22.9 Å². The van der Waals surface area contributed by atoms with Gasteiger partial charge < -0.3 is 16.2 Å². The van der Waals surface area contributed by atoms with Crippen LogP contribution in [-0.2, 0) is 0 Å². The van der Waals surface area contributed by atoms with Crippen molar-refractivity contribution in [2.24, 2.45) is 0 Å². The van der Waals surface area contributed by atoms with Crippen molar-refractivity contribution in [3.8, 4) is 17.0 Å². The van der Waals surface area contributed by atoms with Gasteiger partial charge in [-0.25, -0.2) is 9.97 Å². The molecule has 3 aromatic rings. The van der Waals surface area contributed by atoms with Gasteiger partial charge >= 0.3 is 0 Å². The molecule has 0 spiro atoms. The molecule has 5 nitrogen and oxygen atoms in total. The van der Waals surface area contributed by atoms with Crippen LogP contribution in [0.2, 0.25) is 0 Å². The molecule has 1 heterocycles. The minimum atomic E-state index is 0.189. The Bertz CT molecular complexity index is 756. The first-order chi connectivity index (χ1) is 10.2. The third-order valence-electron chi connectivity index (χ3n) is 3.00. The molecule has 0 aliphatic heterocycles. The van der Waals surface area contributed by atoms with Crippen LogP contribution >= 0.6 is 0 Å². The number of nitrogens with two attached hydrogens (primary N) is 1. The monoisotopic (exact) mass is 278 g/mol. The minimum absolute atomic E-state index is 0.189. The number of aromatic hydroxyl groups is 1. The summed E-state index contributed by atoms with van der Waals surface area (Å²) in [6.45, 7) is 0. The zero-order chi connectivity index (χ0) is 14.7. The Morgan fingerprint density at radius 2 is 1.71 bits per heavy atom. The smallest absolute Gasteiger partial charge is 0.227 e. The van der Waals surface area contributed by atoms with E-state index in [-0.39, 0.29) is 5.75 Å². The number of aromatic nitrogens is 2. The predicted octanol–water partition coefficient (Wildman–Crippen LogP) is 3.18. The summed E-state index contributed by atoms with van der Waals surface area (Å²) in [5.41, 5.74) is 8.52. The molecular weight excluding hydrogens is 264 g/mol. The number of nitrogen functional groups attached to an aromatic ring is 1. The van der Waals surface area contributed by atoms with Crippen molar-refractivity contribution in [1.82, 2.24) is 9.97 Å². The van der Waals surface area contributed by atoms with E-state index >= 15 is 0 Å². The van der Waals surface area contributed by atoms with Gasteiger partial charge in [-0.2, -0.15) is 0 Å². The Hall–Kier alpha value is -3.08. The number of hydrogen-bond acceptors (Lipinski definition) is 5. The Morgan fingerprint density at radius 1 is 0.952 bits per heavy atom. The van der Waals surface area contributed by atoms with Gasteiger partial charge in [-0.05, 0) is 42.5 Å². The van der Waals surface area contributed by atoms with Crippen LogP contribution in [0.3, 0.4) is 0 Å². The summed E-state index contributed by atoms with van der Waals surface area (Å²) >= 11 is 0. The molecule has 2 aromatic carbocycles. The summed E-state index contributed by atoms with van der Waals surface area (Å²) in [7, 11) is 0. The normalized spacial score (nSPS) is 10.3. The van der Waals surface area contributed by atoms with E-state index in [9.17, 15) is 5.11 Å². The molecular formula is C16H14N4O. The highest BCUT2D eigenvalue weighted by Crippen LogP contribution is 2.27. The van der Waals surface area contributed by atoms with E-state index in [1.165, 1.54) is 0 Å². The first-order valence-electron chi connectivity index (χ1n) is 6.46. The fourth-order valence-corrected chi connectivity index (χ4v) is 1.95. The Morgan fingerprint density at radius 3 is 2.48 bits per heavy atom. The van der Waals surface area contributed by atoms with Crippen LogP contribution in [0.15, 0.2) is 60.8 Å². The molecule has 0 unspecified atom stereocenters. The number of phenolic OH excluding ortho intramolecular Hbond substituents is 1. The highest BCUT2D eigenvalue weighted by Gasteiger charge is 2.06. The van der Waals surface area contributed by atoms with E-state index in [2.05, 4.69) is 15.3 Å². The quantitative estimate of drug-likeness (QED) is 0.641. The maximum absolute atomic E-state index is 9.88. The Balaban J connectivity index is 1.90. The van der Waals surface area contributed by atoms with Crippen molar-refractivity contribution in [3.63, 3.8) is 0 Å². The number of phenols is 1. The molecule has 0 radical (unpaired) electrons. The standard InChI is InChI=1S/C16H14N4O/c17-11-5-7-12(8-6-11)19-16-18-10-9-14(20-16)13-3-1-2-4-15(13)21/h1-10,21H,17H2,(H,18,19,20). The van der Waals surface area contributed by atoms with Gasteiger partial charge in [-0.15, -0.1) is 0 Å². The van der Waals surface area contributed by atoms with Crippen LogP contribution in [0.25, 0.3) is 11.3 Å². The molecule has 5 heteroatoms.